The van der Waals surface area contributed by atoms with E-state index in [1.807, 2.05) is 18.5 Å². The molecule has 0 bridgehead atoms. The average Bonchev–Trinajstić information content (AvgIpc) is 2.76. The molecule has 0 atom stereocenters. The molecule has 0 amide bonds. The highest BCUT2D eigenvalue weighted by molar-refractivity contribution is 6.31. The number of halogens is 1. The van der Waals surface area contributed by atoms with Crippen molar-refractivity contribution in [2.75, 3.05) is 0 Å². The summed E-state index contributed by atoms with van der Waals surface area (Å²) in [6, 6.07) is 1.93. The third-order valence-corrected chi connectivity index (χ3v) is 3.12. The number of imidazole rings is 1. The van der Waals surface area contributed by atoms with Crippen LogP contribution in [0, 0.1) is 0 Å². The van der Waals surface area contributed by atoms with Crippen LogP contribution in [0.4, 0.5) is 0 Å². The lowest BCUT2D eigenvalue weighted by molar-refractivity contribution is 0.413. The van der Waals surface area contributed by atoms with E-state index in [2.05, 4.69) is 40.6 Å². The molecule has 102 valence electrons. The summed E-state index contributed by atoms with van der Waals surface area (Å²) in [5.74, 6) is 1.00. The van der Waals surface area contributed by atoms with E-state index in [9.17, 15) is 0 Å². The zero-order valence-corrected chi connectivity index (χ0v) is 12.3. The van der Waals surface area contributed by atoms with Gasteiger partial charge in [-0.3, -0.25) is 4.98 Å². The first-order valence-corrected chi connectivity index (χ1v) is 6.67. The summed E-state index contributed by atoms with van der Waals surface area (Å²) in [5, 5.41) is 4.12. The number of rotatable bonds is 4. The van der Waals surface area contributed by atoms with E-state index in [-0.39, 0.29) is 5.54 Å². The van der Waals surface area contributed by atoms with Crippen LogP contribution >= 0.6 is 11.6 Å². The molecular weight excluding hydrogens is 260 g/mol. The van der Waals surface area contributed by atoms with Gasteiger partial charge in [0.15, 0.2) is 0 Å². The van der Waals surface area contributed by atoms with Gasteiger partial charge in [-0.1, -0.05) is 11.6 Å². The Morgan fingerprint density at radius 3 is 2.79 bits per heavy atom. The van der Waals surface area contributed by atoms with Gasteiger partial charge < -0.3 is 9.88 Å². The standard InChI is InChI=1S/C14H19ClN4/c1-14(2,3)18-9-13-17-6-7-19(13)10-11-4-5-16-8-12(11)15/h4-8,18H,9-10H2,1-3H3. The molecule has 0 saturated carbocycles. The van der Waals surface area contributed by atoms with Crippen molar-refractivity contribution in [3.63, 3.8) is 0 Å². The Kier molecular flexibility index (Phi) is 4.22. The van der Waals surface area contributed by atoms with E-state index in [1.54, 1.807) is 12.4 Å². The zero-order chi connectivity index (χ0) is 13.9. The molecule has 4 nitrogen and oxygen atoms in total. The molecule has 2 rings (SSSR count). The molecule has 2 heterocycles. The van der Waals surface area contributed by atoms with Crippen LogP contribution in [-0.2, 0) is 13.1 Å². The fourth-order valence-electron chi connectivity index (χ4n) is 1.71. The van der Waals surface area contributed by atoms with Crippen molar-refractivity contribution >= 4 is 11.6 Å². The third-order valence-electron chi connectivity index (χ3n) is 2.78. The van der Waals surface area contributed by atoms with Crippen molar-refractivity contribution in [2.45, 2.75) is 39.4 Å². The Bertz CT molecular complexity index is 542. The Hall–Kier alpha value is -1.39. The van der Waals surface area contributed by atoms with E-state index < -0.39 is 0 Å². The van der Waals surface area contributed by atoms with Crippen LogP contribution in [0.2, 0.25) is 5.02 Å². The number of hydrogen-bond acceptors (Lipinski definition) is 3. The quantitative estimate of drug-likeness (QED) is 0.935. The van der Waals surface area contributed by atoms with E-state index in [1.165, 1.54) is 0 Å². The fraction of sp³-hybridized carbons (Fsp3) is 0.429. The second-order valence-corrected chi connectivity index (χ2v) is 5.95. The first kappa shape index (κ1) is 14.0. The summed E-state index contributed by atoms with van der Waals surface area (Å²) >= 11 is 6.13. The van der Waals surface area contributed by atoms with Crippen LogP contribution < -0.4 is 5.32 Å². The lowest BCUT2D eigenvalue weighted by atomic mass is 10.1. The van der Waals surface area contributed by atoms with E-state index in [0.29, 0.717) is 11.6 Å². The number of nitrogens with zero attached hydrogens (tertiary/aromatic N) is 3. The van der Waals surface area contributed by atoms with Gasteiger partial charge in [0.05, 0.1) is 18.1 Å². The van der Waals surface area contributed by atoms with Crippen LogP contribution in [0.25, 0.3) is 0 Å². The zero-order valence-electron chi connectivity index (χ0n) is 11.5. The molecule has 0 aromatic carbocycles. The maximum atomic E-state index is 6.13. The molecular formula is C14H19ClN4. The Morgan fingerprint density at radius 2 is 2.11 bits per heavy atom. The first-order chi connectivity index (χ1) is 8.96. The SMILES string of the molecule is CC(C)(C)NCc1nccn1Cc1ccncc1Cl. The van der Waals surface area contributed by atoms with Crippen LogP contribution in [0.3, 0.4) is 0 Å². The monoisotopic (exact) mass is 278 g/mol. The van der Waals surface area contributed by atoms with Gasteiger partial charge in [-0.15, -0.1) is 0 Å². The van der Waals surface area contributed by atoms with Gasteiger partial charge in [0.1, 0.15) is 5.82 Å². The molecule has 0 aliphatic heterocycles. The van der Waals surface area contributed by atoms with Gasteiger partial charge in [0.2, 0.25) is 0 Å². The van der Waals surface area contributed by atoms with Crippen LogP contribution in [0.5, 0.6) is 0 Å². The van der Waals surface area contributed by atoms with E-state index >= 15 is 0 Å². The summed E-state index contributed by atoms with van der Waals surface area (Å²) in [7, 11) is 0. The minimum absolute atomic E-state index is 0.0745. The molecule has 5 heteroatoms. The van der Waals surface area contributed by atoms with Gasteiger partial charge in [0, 0.05) is 30.3 Å². The van der Waals surface area contributed by atoms with Crippen LogP contribution in [0.15, 0.2) is 30.9 Å². The number of aromatic nitrogens is 3. The normalized spacial score (nSPS) is 11.8. The Morgan fingerprint density at radius 1 is 1.32 bits per heavy atom. The summed E-state index contributed by atoms with van der Waals surface area (Å²) in [6.45, 7) is 7.86. The molecule has 0 spiro atoms. The fourth-order valence-corrected chi connectivity index (χ4v) is 1.89. The van der Waals surface area contributed by atoms with Gasteiger partial charge >= 0.3 is 0 Å². The topological polar surface area (TPSA) is 42.7 Å². The molecule has 0 unspecified atom stereocenters. The Balaban J connectivity index is 2.10. The highest BCUT2D eigenvalue weighted by Crippen LogP contribution is 2.15. The molecule has 19 heavy (non-hydrogen) atoms. The number of hydrogen-bond donors (Lipinski definition) is 1. The maximum absolute atomic E-state index is 6.13. The molecule has 2 aromatic heterocycles. The largest absolute Gasteiger partial charge is 0.329 e. The van der Waals surface area contributed by atoms with E-state index in [4.69, 9.17) is 11.6 Å². The average molecular weight is 279 g/mol. The van der Waals surface area contributed by atoms with Crippen molar-refractivity contribution < 1.29 is 0 Å². The maximum Gasteiger partial charge on any atom is 0.122 e. The summed E-state index contributed by atoms with van der Waals surface area (Å²) in [6.07, 6.45) is 7.21. The molecule has 0 aliphatic carbocycles. The lowest BCUT2D eigenvalue weighted by Gasteiger charge is -2.20. The highest BCUT2D eigenvalue weighted by Gasteiger charge is 2.11. The number of pyridine rings is 1. The lowest BCUT2D eigenvalue weighted by Crippen LogP contribution is -2.36. The smallest absolute Gasteiger partial charge is 0.122 e. The second kappa shape index (κ2) is 5.72. The summed E-state index contributed by atoms with van der Waals surface area (Å²) in [4.78, 5) is 8.38. The van der Waals surface area contributed by atoms with Gasteiger partial charge in [0.25, 0.3) is 0 Å². The Labute approximate surface area is 118 Å². The summed E-state index contributed by atoms with van der Waals surface area (Å²) < 4.78 is 2.10. The van der Waals surface area contributed by atoms with Gasteiger partial charge in [-0.25, -0.2) is 4.98 Å². The van der Waals surface area contributed by atoms with Crippen LogP contribution in [-0.4, -0.2) is 20.1 Å². The molecule has 2 aromatic rings. The van der Waals surface area contributed by atoms with E-state index in [0.717, 1.165) is 17.9 Å². The highest BCUT2D eigenvalue weighted by atomic mass is 35.5. The van der Waals surface area contributed by atoms with Crippen molar-refractivity contribution in [3.8, 4) is 0 Å². The predicted molar refractivity (Wildman–Crippen MR) is 77.2 cm³/mol. The van der Waals surface area contributed by atoms with Gasteiger partial charge in [-0.2, -0.15) is 0 Å². The third kappa shape index (κ3) is 4.04. The molecule has 0 fully saturated rings. The van der Waals surface area contributed by atoms with Crippen molar-refractivity contribution in [2.24, 2.45) is 0 Å². The summed E-state index contributed by atoms with van der Waals surface area (Å²) in [5.41, 5.74) is 1.12. The predicted octanol–water partition coefficient (Wildman–Crippen LogP) is 2.87. The van der Waals surface area contributed by atoms with Crippen molar-refractivity contribution in [1.82, 2.24) is 19.9 Å². The molecule has 0 radical (unpaired) electrons. The van der Waals surface area contributed by atoms with Crippen molar-refractivity contribution in [1.29, 1.82) is 0 Å². The number of nitrogens with one attached hydrogen (secondary N) is 1. The minimum Gasteiger partial charge on any atom is -0.329 e. The molecule has 0 aliphatic rings. The van der Waals surface area contributed by atoms with Crippen LogP contribution in [0.1, 0.15) is 32.2 Å². The molecule has 0 saturated heterocycles. The first-order valence-electron chi connectivity index (χ1n) is 6.29. The van der Waals surface area contributed by atoms with Gasteiger partial charge in [-0.05, 0) is 32.4 Å². The minimum atomic E-state index is 0.0745. The van der Waals surface area contributed by atoms with Crippen molar-refractivity contribution in [3.05, 3.63) is 47.3 Å². The molecule has 1 N–H and O–H groups in total. The second-order valence-electron chi connectivity index (χ2n) is 5.54.